The average molecular weight is 240 g/mol. The Hall–Kier alpha value is -1.95. The van der Waals surface area contributed by atoms with E-state index in [2.05, 4.69) is 4.74 Å². The molecule has 0 unspecified atom stereocenters. The van der Waals surface area contributed by atoms with E-state index in [4.69, 9.17) is 0 Å². The Kier molecular flexibility index (Phi) is 4.41. The van der Waals surface area contributed by atoms with Gasteiger partial charge in [-0.25, -0.2) is 4.79 Å². The number of rotatable bonds is 4. The van der Waals surface area contributed by atoms with E-state index < -0.39 is 16.3 Å². The molecular weight excluding hydrogens is 232 g/mol. The second kappa shape index (κ2) is 5.82. The minimum Gasteiger partial charge on any atom is -0.457 e. The summed E-state index contributed by atoms with van der Waals surface area (Å²) in [6.45, 7) is -0.301. The molecule has 1 aromatic carbocycles. The lowest BCUT2D eigenvalue weighted by Gasteiger charge is -2.00. The summed E-state index contributed by atoms with van der Waals surface area (Å²) in [7, 11) is -2.34. The highest BCUT2D eigenvalue weighted by molar-refractivity contribution is 7.71. The molecule has 0 saturated heterocycles. The quantitative estimate of drug-likeness (QED) is 0.431. The number of esters is 1. The molecule has 0 fully saturated rings. The third-order valence-corrected chi connectivity index (χ3v) is 2.11. The average Bonchev–Trinajstić information content (AvgIpc) is 2.28. The lowest BCUT2D eigenvalue weighted by Crippen LogP contribution is -2.07. The number of aldehydes is 1. The predicted octanol–water partition coefficient (Wildman–Crippen LogP) is 0.337. The molecule has 0 atom stereocenters. The zero-order chi connectivity index (χ0) is 12.0. The van der Waals surface area contributed by atoms with Crippen LogP contribution in [-0.2, 0) is 15.0 Å². The molecule has 0 spiro atoms. The summed E-state index contributed by atoms with van der Waals surface area (Å²) in [5, 5.41) is 0.831. The third-order valence-electron chi connectivity index (χ3n) is 1.70. The number of carbonyl (C=O) groups is 2. The molecule has 0 radical (unpaired) electrons. The first-order chi connectivity index (χ1) is 7.63. The van der Waals surface area contributed by atoms with Crippen molar-refractivity contribution in [3.05, 3.63) is 35.4 Å². The van der Waals surface area contributed by atoms with Gasteiger partial charge < -0.3 is 4.74 Å². The molecule has 0 bridgehead atoms. The summed E-state index contributed by atoms with van der Waals surface area (Å²) in [4.78, 5) is 21.6. The minimum absolute atomic E-state index is 0.260. The van der Waals surface area contributed by atoms with E-state index in [-0.39, 0.29) is 12.2 Å². The van der Waals surface area contributed by atoms with Gasteiger partial charge in [0.05, 0.1) is 10.9 Å². The van der Waals surface area contributed by atoms with E-state index in [0.717, 1.165) is 5.37 Å². The van der Waals surface area contributed by atoms with E-state index in [1.165, 1.54) is 24.3 Å². The fourth-order valence-electron chi connectivity index (χ4n) is 0.946. The van der Waals surface area contributed by atoms with Crippen molar-refractivity contribution >= 4 is 27.9 Å². The van der Waals surface area contributed by atoms with Crippen molar-refractivity contribution in [3.63, 3.8) is 0 Å². The van der Waals surface area contributed by atoms with Crippen molar-refractivity contribution in [1.82, 2.24) is 0 Å². The molecular formula is C10H8O5S. The van der Waals surface area contributed by atoms with Crippen molar-refractivity contribution < 1.29 is 22.7 Å². The molecule has 0 heterocycles. The van der Waals surface area contributed by atoms with Crippen molar-refractivity contribution in [2.24, 2.45) is 0 Å². The van der Waals surface area contributed by atoms with Gasteiger partial charge in [0.25, 0.3) is 0 Å². The Bertz CT molecular complexity index is 505. The summed E-state index contributed by atoms with van der Waals surface area (Å²) in [5.41, 5.74) is 0.708. The molecule has 6 heteroatoms. The first kappa shape index (κ1) is 12.1. The van der Waals surface area contributed by atoms with Gasteiger partial charge in [0.2, 0.25) is 10.3 Å². The molecule has 16 heavy (non-hydrogen) atoms. The molecule has 0 saturated carbocycles. The van der Waals surface area contributed by atoms with E-state index in [0.29, 0.717) is 11.8 Å². The summed E-state index contributed by atoms with van der Waals surface area (Å²) in [5.74, 6) is -0.640. The molecule has 84 valence electrons. The van der Waals surface area contributed by atoms with E-state index in [1.54, 1.807) is 0 Å². The van der Waals surface area contributed by atoms with E-state index in [9.17, 15) is 18.0 Å². The normalized spacial score (nSPS) is 9.25. The van der Waals surface area contributed by atoms with Crippen molar-refractivity contribution in [2.45, 2.75) is 0 Å². The van der Waals surface area contributed by atoms with Crippen LogP contribution in [0.4, 0.5) is 0 Å². The van der Waals surface area contributed by atoms with Gasteiger partial charge >= 0.3 is 5.97 Å². The zero-order valence-electron chi connectivity index (χ0n) is 8.12. The van der Waals surface area contributed by atoms with Crippen LogP contribution in [-0.4, -0.2) is 32.6 Å². The van der Waals surface area contributed by atoms with Gasteiger partial charge in [-0.3, -0.25) is 4.79 Å². The molecule has 0 aliphatic rings. The lowest BCUT2D eigenvalue weighted by molar-refractivity contribution is 0.0568. The fraction of sp³-hybridized carbons (Fsp3) is 0.100. The summed E-state index contributed by atoms with van der Waals surface area (Å²) >= 11 is 0. The Labute approximate surface area is 93.2 Å². The topological polar surface area (TPSA) is 77.5 Å². The van der Waals surface area contributed by atoms with Crippen LogP contribution in [0, 0.1) is 0 Å². The number of benzene rings is 1. The summed E-state index contributed by atoms with van der Waals surface area (Å²) in [6.07, 6.45) is 0.656. The summed E-state index contributed by atoms with van der Waals surface area (Å²) < 4.78 is 24.9. The van der Waals surface area contributed by atoms with Crippen LogP contribution in [0.1, 0.15) is 20.7 Å². The monoisotopic (exact) mass is 240 g/mol. The largest absolute Gasteiger partial charge is 0.457 e. The van der Waals surface area contributed by atoms with Crippen LogP contribution < -0.4 is 0 Å². The van der Waals surface area contributed by atoms with E-state index in [1.807, 2.05) is 0 Å². The highest BCUT2D eigenvalue weighted by atomic mass is 32.2. The number of hydrogen-bond donors (Lipinski definition) is 0. The number of hydrogen-bond acceptors (Lipinski definition) is 5. The maximum absolute atomic E-state index is 11.3. The Morgan fingerprint density at radius 3 is 2.38 bits per heavy atom. The second-order valence-electron chi connectivity index (χ2n) is 2.77. The zero-order valence-corrected chi connectivity index (χ0v) is 8.94. The van der Waals surface area contributed by atoms with Crippen molar-refractivity contribution in [2.75, 3.05) is 6.61 Å². The molecule has 0 aromatic heterocycles. The molecule has 1 aromatic rings. The summed E-state index contributed by atoms with van der Waals surface area (Å²) in [6, 6.07) is 5.80. The fourth-order valence-corrected chi connectivity index (χ4v) is 1.13. The molecule has 0 amide bonds. The van der Waals surface area contributed by atoms with Crippen molar-refractivity contribution in [1.29, 1.82) is 0 Å². The van der Waals surface area contributed by atoms with Crippen LogP contribution >= 0.6 is 0 Å². The van der Waals surface area contributed by atoms with Crippen LogP contribution in [0.5, 0.6) is 0 Å². The highest BCUT2D eigenvalue weighted by Crippen LogP contribution is 2.03. The number of carbonyl (C=O) groups excluding carboxylic acids is 2. The smallest absolute Gasteiger partial charge is 0.338 e. The number of ether oxygens (including phenoxy) is 1. The van der Waals surface area contributed by atoms with Gasteiger partial charge in [0.1, 0.15) is 12.9 Å². The van der Waals surface area contributed by atoms with Gasteiger partial charge in [-0.15, -0.1) is 0 Å². The van der Waals surface area contributed by atoms with E-state index >= 15 is 0 Å². The molecule has 0 N–H and O–H groups in total. The Balaban J connectivity index is 2.66. The maximum atomic E-state index is 11.3. The SMILES string of the molecule is O=Cc1ccc(C(=O)OCC=S(=O)=O)cc1. The van der Waals surface area contributed by atoms with Gasteiger partial charge in [0, 0.05) is 5.56 Å². The first-order valence-corrected chi connectivity index (χ1v) is 5.41. The van der Waals surface area contributed by atoms with Gasteiger partial charge in [-0.05, 0) is 12.1 Å². The van der Waals surface area contributed by atoms with Crippen LogP contribution in [0.15, 0.2) is 24.3 Å². The van der Waals surface area contributed by atoms with Gasteiger partial charge in [-0.2, -0.15) is 8.42 Å². The molecule has 5 nitrogen and oxygen atoms in total. The van der Waals surface area contributed by atoms with Crippen LogP contribution in [0.25, 0.3) is 0 Å². The second-order valence-corrected chi connectivity index (χ2v) is 3.62. The minimum atomic E-state index is -2.34. The molecule has 0 aliphatic carbocycles. The lowest BCUT2D eigenvalue weighted by atomic mass is 10.1. The standard InChI is InChI=1S/C10H8O5S/c11-7-8-1-3-9(4-2-8)10(12)15-5-6-16(13)14/h1-4,6-7H,5H2. The Morgan fingerprint density at radius 1 is 1.25 bits per heavy atom. The molecule has 0 aliphatic heterocycles. The van der Waals surface area contributed by atoms with Gasteiger partial charge in [-0.1, -0.05) is 12.1 Å². The molecule has 1 rings (SSSR count). The van der Waals surface area contributed by atoms with Crippen molar-refractivity contribution in [3.8, 4) is 0 Å². The predicted molar refractivity (Wildman–Crippen MR) is 57.1 cm³/mol. The third kappa shape index (κ3) is 3.66. The van der Waals surface area contributed by atoms with Crippen LogP contribution in [0.3, 0.4) is 0 Å². The highest BCUT2D eigenvalue weighted by Gasteiger charge is 2.05. The van der Waals surface area contributed by atoms with Crippen LogP contribution in [0.2, 0.25) is 0 Å². The Morgan fingerprint density at radius 2 is 1.88 bits per heavy atom. The maximum Gasteiger partial charge on any atom is 0.338 e. The first-order valence-electron chi connectivity index (χ1n) is 4.27. The van der Waals surface area contributed by atoms with Gasteiger partial charge in [0.15, 0.2) is 0 Å².